The normalized spacial score (nSPS) is 21.4. The summed E-state index contributed by atoms with van der Waals surface area (Å²) in [5, 5.41) is 12.3. The summed E-state index contributed by atoms with van der Waals surface area (Å²) in [4.78, 5) is 4.73. The van der Waals surface area contributed by atoms with Gasteiger partial charge in [0.2, 0.25) is 5.60 Å². The lowest BCUT2D eigenvalue weighted by molar-refractivity contribution is -0.764. The van der Waals surface area contributed by atoms with Crippen molar-refractivity contribution in [1.29, 1.82) is 0 Å². The van der Waals surface area contributed by atoms with Gasteiger partial charge < -0.3 is 4.84 Å². The third kappa shape index (κ3) is 2.63. The predicted octanol–water partition coefficient (Wildman–Crippen LogP) is 4.43. The van der Waals surface area contributed by atoms with Crippen molar-refractivity contribution in [2.24, 2.45) is 0 Å². The van der Waals surface area contributed by atoms with Crippen molar-refractivity contribution in [2.45, 2.75) is 18.2 Å². The summed E-state index contributed by atoms with van der Waals surface area (Å²) in [6, 6.07) is 13.3. The van der Waals surface area contributed by atoms with Gasteiger partial charge >= 0.3 is 6.18 Å². The molecule has 1 aliphatic rings. The van der Waals surface area contributed by atoms with Gasteiger partial charge in [0.1, 0.15) is 0 Å². The summed E-state index contributed by atoms with van der Waals surface area (Å²) < 4.78 is 41.2. The van der Waals surface area contributed by atoms with Crippen molar-refractivity contribution >= 4 is 17.3 Å². The van der Waals surface area contributed by atoms with Crippen molar-refractivity contribution in [3.8, 4) is 0 Å². The summed E-state index contributed by atoms with van der Waals surface area (Å²) in [6.07, 6.45) is -5.37. The van der Waals surface area contributed by atoms with E-state index in [2.05, 4.69) is 0 Å². The van der Waals surface area contributed by atoms with Gasteiger partial charge in [-0.2, -0.15) is 13.2 Å². The van der Waals surface area contributed by atoms with Crippen LogP contribution in [0, 0.1) is 5.21 Å². The quantitative estimate of drug-likeness (QED) is 0.757. The lowest BCUT2D eigenvalue weighted by Crippen LogP contribution is -2.43. The maximum Gasteiger partial charge on any atom is 0.413 e. The number of alkyl halides is 3. The van der Waals surface area contributed by atoms with E-state index < -0.39 is 18.2 Å². The van der Waals surface area contributed by atoms with E-state index in [-0.39, 0.29) is 16.2 Å². The first-order valence-electron chi connectivity index (χ1n) is 6.74. The molecule has 0 radical (unpaired) electrons. The Labute approximate surface area is 135 Å². The zero-order valence-corrected chi connectivity index (χ0v) is 12.4. The molecule has 0 N–H and O–H groups in total. The van der Waals surface area contributed by atoms with Gasteiger partial charge in [-0.1, -0.05) is 41.9 Å². The van der Waals surface area contributed by atoms with E-state index in [1.165, 1.54) is 24.3 Å². The van der Waals surface area contributed by atoms with Crippen LogP contribution >= 0.6 is 11.6 Å². The molecule has 0 amide bonds. The fourth-order valence-corrected chi connectivity index (χ4v) is 2.68. The molecule has 7 heteroatoms. The third-order valence-corrected chi connectivity index (χ3v) is 4.00. The topological polar surface area (TPSA) is 35.3 Å². The first-order chi connectivity index (χ1) is 10.8. The molecular formula is C16H11ClF3NO2. The second-order valence-electron chi connectivity index (χ2n) is 5.17. The van der Waals surface area contributed by atoms with Crippen molar-refractivity contribution in [2.75, 3.05) is 0 Å². The molecule has 0 spiro atoms. The Morgan fingerprint density at radius 3 is 2.22 bits per heavy atom. The Hall–Kier alpha value is -2.21. The molecule has 0 aromatic heterocycles. The predicted molar refractivity (Wildman–Crippen MR) is 79.1 cm³/mol. The molecule has 2 aromatic rings. The van der Waals surface area contributed by atoms with E-state index in [0.717, 1.165) is 0 Å². The van der Waals surface area contributed by atoms with Crippen LogP contribution in [0.25, 0.3) is 0 Å². The van der Waals surface area contributed by atoms with E-state index in [4.69, 9.17) is 16.4 Å². The molecule has 0 fully saturated rings. The number of nitrogens with zero attached hydrogens (tertiary/aromatic N) is 1. The lowest BCUT2D eigenvalue weighted by Gasteiger charge is -2.32. The van der Waals surface area contributed by atoms with Gasteiger partial charge in [0, 0.05) is 15.5 Å². The van der Waals surface area contributed by atoms with Crippen molar-refractivity contribution in [3.05, 3.63) is 76.0 Å². The number of rotatable bonds is 2. The van der Waals surface area contributed by atoms with E-state index in [0.29, 0.717) is 10.6 Å². The molecule has 3 rings (SSSR count). The summed E-state index contributed by atoms with van der Waals surface area (Å²) in [6.45, 7) is 0. The van der Waals surface area contributed by atoms with Gasteiger partial charge in [0.15, 0.2) is 0 Å². The molecule has 2 aromatic carbocycles. The first-order valence-corrected chi connectivity index (χ1v) is 7.12. The van der Waals surface area contributed by atoms with Crippen LogP contribution in [0.5, 0.6) is 0 Å². The minimum absolute atomic E-state index is 0.0442. The Balaban J connectivity index is 2.07. The van der Waals surface area contributed by atoms with Crippen molar-refractivity contribution in [3.63, 3.8) is 0 Å². The molecule has 0 saturated carbocycles. The Morgan fingerprint density at radius 2 is 1.65 bits per heavy atom. The molecule has 0 saturated heterocycles. The zero-order chi connectivity index (χ0) is 16.7. The highest BCUT2D eigenvalue weighted by Gasteiger charge is 2.62. The average Bonchev–Trinajstić information content (AvgIpc) is 2.87. The molecule has 3 nitrogen and oxygen atoms in total. The van der Waals surface area contributed by atoms with E-state index in [1.54, 1.807) is 30.3 Å². The minimum atomic E-state index is -4.76. The standard InChI is InChI=1S/C16H11ClF3NO2/c17-13-8-6-12(7-9-13)15(16(18,19)20)10-14(21(22)23-15)11-4-2-1-3-5-11/h1-9H,10H2. The maximum atomic E-state index is 13.7. The molecule has 1 aliphatic heterocycles. The van der Waals surface area contributed by atoms with Gasteiger partial charge in [0.05, 0.1) is 6.42 Å². The maximum absolute atomic E-state index is 13.7. The second kappa shape index (κ2) is 5.45. The monoisotopic (exact) mass is 341 g/mol. The Kier molecular flexibility index (Phi) is 3.72. The van der Waals surface area contributed by atoms with Gasteiger partial charge in [-0.3, -0.25) is 5.21 Å². The van der Waals surface area contributed by atoms with Crippen LogP contribution in [0.15, 0.2) is 54.6 Å². The largest absolute Gasteiger partial charge is 0.413 e. The molecule has 1 heterocycles. The fourth-order valence-electron chi connectivity index (χ4n) is 2.56. The Bertz CT molecular complexity index is 744. The highest BCUT2D eigenvalue weighted by Crippen LogP contribution is 2.48. The number of halogens is 4. The van der Waals surface area contributed by atoms with Crippen molar-refractivity contribution < 1.29 is 22.9 Å². The summed E-state index contributed by atoms with van der Waals surface area (Å²) in [5.41, 5.74) is -2.56. The van der Waals surface area contributed by atoms with Crippen LogP contribution in [0.1, 0.15) is 17.5 Å². The smallest absolute Gasteiger partial charge is 0.381 e. The SMILES string of the molecule is [O-][N+]1=C(c2ccccc2)CC(c2ccc(Cl)cc2)(C(F)(F)F)O1. The lowest BCUT2D eigenvalue weighted by atomic mass is 9.86. The van der Waals surface area contributed by atoms with Gasteiger partial charge in [-0.15, -0.1) is 0 Å². The van der Waals surface area contributed by atoms with E-state index in [9.17, 15) is 18.4 Å². The number of hydrogen-bond donors (Lipinski definition) is 0. The van der Waals surface area contributed by atoms with Gasteiger partial charge in [-0.05, 0) is 29.8 Å². The average molecular weight is 342 g/mol. The molecule has 0 bridgehead atoms. The molecule has 0 aliphatic carbocycles. The molecule has 120 valence electrons. The third-order valence-electron chi connectivity index (χ3n) is 3.75. The highest BCUT2D eigenvalue weighted by atomic mass is 35.5. The highest BCUT2D eigenvalue weighted by molar-refractivity contribution is 6.30. The Morgan fingerprint density at radius 1 is 1.04 bits per heavy atom. The van der Waals surface area contributed by atoms with Crippen molar-refractivity contribution in [1.82, 2.24) is 0 Å². The molecule has 1 atom stereocenters. The summed E-state index contributed by atoms with van der Waals surface area (Å²) in [5.74, 6) is 0. The first kappa shape index (κ1) is 15.7. The van der Waals surface area contributed by atoms with Crippen LogP contribution in [0.2, 0.25) is 5.02 Å². The number of hydrogen-bond acceptors (Lipinski definition) is 2. The van der Waals surface area contributed by atoms with Gasteiger partial charge in [0.25, 0.3) is 5.71 Å². The van der Waals surface area contributed by atoms with Crippen LogP contribution < -0.4 is 0 Å². The van der Waals surface area contributed by atoms with Gasteiger partial charge in [-0.25, -0.2) is 0 Å². The second-order valence-corrected chi connectivity index (χ2v) is 5.61. The van der Waals surface area contributed by atoms with Crippen LogP contribution in [-0.2, 0) is 10.4 Å². The zero-order valence-electron chi connectivity index (χ0n) is 11.7. The van der Waals surface area contributed by atoms with Crippen LogP contribution in [0.4, 0.5) is 13.2 Å². The molecule has 1 unspecified atom stereocenters. The fraction of sp³-hybridized carbons (Fsp3) is 0.188. The van der Waals surface area contributed by atoms with E-state index >= 15 is 0 Å². The summed E-state index contributed by atoms with van der Waals surface area (Å²) in [7, 11) is 0. The van der Waals surface area contributed by atoms with Crippen LogP contribution in [0.3, 0.4) is 0 Å². The van der Waals surface area contributed by atoms with Crippen LogP contribution in [-0.4, -0.2) is 16.8 Å². The molecule has 23 heavy (non-hydrogen) atoms. The van der Waals surface area contributed by atoms with E-state index in [1.807, 2.05) is 0 Å². The number of benzene rings is 2. The minimum Gasteiger partial charge on any atom is -0.381 e. The molecular weight excluding hydrogens is 331 g/mol. The summed E-state index contributed by atoms with van der Waals surface area (Å²) >= 11 is 5.73.